The molecule has 0 heterocycles. The molecular formula is C8H9ClF3NO2. The van der Waals surface area contributed by atoms with E-state index in [1.807, 2.05) is 0 Å². The van der Waals surface area contributed by atoms with Crippen LogP contribution in [0.2, 0.25) is 0 Å². The van der Waals surface area contributed by atoms with E-state index in [1.54, 1.807) is 0 Å². The first-order chi connectivity index (χ1) is 6.51. The average molecular weight is 244 g/mol. The van der Waals surface area contributed by atoms with E-state index in [4.69, 9.17) is 5.90 Å². The van der Waals surface area contributed by atoms with E-state index in [0.717, 1.165) is 0 Å². The number of ether oxygens (including phenoxy) is 1. The fraction of sp³-hybridized carbons (Fsp3) is 0.250. The second-order valence-electron chi connectivity index (χ2n) is 2.50. The highest BCUT2D eigenvalue weighted by Gasteiger charge is 2.30. The lowest BCUT2D eigenvalue weighted by Crippen LogP contribution is -2.17. The topological polar surface area (TPSA) is 44.5 Å². The van der Waals surface area contributed by atoms with E-state index in [2.05, 4.69) is 9.57 Å². The Morgan fingerprint density at radius 3 is 2.07 bits per heavy atom. The van der Waals surface area contributed by atoms with Crippen molar-refractivity contribution in [1.29, 1.82) is 0 Å². The van der Waals surface area contributed by atoms with Gasteiger partial charge in [-0.1, -0.05) is 12.1 Å². The van der Waals surface area contributed by atoms with Crippen molar-refractivity contribution < 1.29 is 22.7 Å². The van der Waals surface area contributed by atoms with Crippen molar-refractivity contribution in [3.63, 3.8) is 0 Å². The summed E-state index contributed by atoms with van der Waals surface area (Å²) in [5.74, 6) is 4.52. The van der Waals surface area contributed by atoms with Crippen LogP contribution in [-0.4, -0.2) is 6.36 Å². The number of halogens is 4. The maximum absolute atomic E-state index is 11.7. The van der Waals surface area contributed by atoms with Crippen LogP contribution in [0.25, 0.3) is 0 Å². The third-order valence-electron chi connectivity index (χ3n) is 1.41. The molecule has 0 spiro atoms. The van der Waals surface area contributed by atoms with E-state index in [0.29, 0.717) is 5.56 Å². The molecule has 0 aliphatic heterocycles. The van der Waals surface area contributed by atoms with Crippen LogP contribution in [0.15, 0.2) is 24.3 Å². The van der Waals surface area contributed by atoms with Crippen molar-refractivity contribution in [3.8, 4) is 5.75 Å². The first-order valence-electron chi connectivity index (χ1n) is 3.67. The molecule has 3 nitrogen and oxygen atoms in total. The van der Waals surface area contributed by atoms with Crippen molar-refractivity contribution in [2.45, 2.75) is 13.0 Å². The lowest BCUT2D eigenvalue weighted by molar-refractivity contribution is -0.274. The highest BCUT2D eigenvalue weighted by Crippen LogP contribution is 2.22. The van der Waals surface area contributed by atoms with Crippen LogP contribution in [0.5, 0.6) is 5.75 Å². The molecule has 0 saturated carbocycles. The summed E-state index contributed by atoms with van der Waals surface area (Å²) in [5, 5.41) is 0. The Balaban J connectivity index is 0.00000196. The monoisotopic (exact) mass is 243 g/mol. The van der Waals surface area contributed by atoms with E-state index in [-0.39, 0.29) is 24.8 Å². The van der Waals surface area contributed by atoms with Gasteiger partial charge in [0.15, 0.2) is 0 Å². The van der Waals surface area contributed by atoms with Crippen LogP contribution >= 0.6 is 12.4 Å². The molecule has 0 aromatic heterocycles. The Morgan fingerprint density at radius 2 is 1.67 bits per heavy atom. The predicted molar refractivity (Wildman–Crippen MR) is 49.3 cm³/mol. The van der Waals surface area contributed by atoms with E-state index in [1.165, 1.54) is 24.3 Å². The lowest BCUT2D eigenvalue weighted by Gasteiger charge is -2.08. The SMILES string of the molecule is Cl.NOCc1ccc(OC(F)(F)F)cc1. The van der Waals surface area contributed by atoms with Crippen molar-refractivity contribution in [2.75, 3.05) is 0 Å². The zero-order valence-electron chi connectivity index (χ0n) is 7.45. The quantitative estimate of drug-likeness (QED) is 0.829. The maximum atomic E-state index is 11.7. The second-order valence-corrected chi connectivity index (χ2v) is 2.50. The molecule has 0 saturated heterocycles. The Kier molecular flexibility index (Phi) is 5.41. The van der Waals surface area contributed by atoms with Crippen LogP contribution < -0.4 is 10.6 Å². The molecule has 0 aliphatic rings. The summed E-state index contributed by atoms with van der Waals surface area (Å²) >= 11 is 0. The van der Waals surface area contributed by atoms with Crippen molar-refractivity contribution in [2.24, 2.45) is 5.90 Å². The minimum absolute atomic E-state index is 0. The maximum Gasteiger partial charge on any atom is 0.573 e. The van der Waals surface area contributed by atoms with Gasteiger partial charge in [0.25, 0.3) is 0 Å². The minimum atomic E-state index is -4.66. The first-order valence-corrected chi connectivity index (χ1v) is 3.67. The summed E-state index contributed by atoms with van der Waals surface area (Å²) in [7, 11) is 0. The van der Waals surface area contributed by atoms with Crippen LogP contribution in [0, 0.1) is 0 Å². The van der Waals surface area contributed by atoms with Gasteiger partial charge in [-0.2, -0.15) is 0 Å². The van der Waals surface area contributed by atoms with Crippen LogP contribution in [-0.2, 0) is 11.4 Å². The molecule has 1 rings (SSSR count). The van der Waals surface area contributed by atoms with Gasteiger partial charge < -0.3 is 4.74 Å². The van der Waals surface area contributed by atoms with E-state index >= 15 is 0 Å². The van der Waals surface area contributed by atoms with E-state index < -0.39 is 6.36 Å². The normalized spacial score (nSPS) is 10.7. The highest BCUT2D eigenvalue weighted by molar-refractivity contribution is 5.85. The molecule has 0 radical (unpaired) electrons. The molecule has 0 fully saturated rings. The molecule has 2 N–H and O–H groups in total. The molecule has 7 heteroatoms. The third kappa shape index (κ3) is 5.46. The van der Waals surface area contributed by atoms with Crippen molar-refractivity contribution >= 4 is 12.4 Å². The Hall–Kier alpha value is -0.980. The van der Waals surface area contributed by atoms with Crippen LogP contribution in [0.3, 0.4) is 0 Å². The number of benzene rings is 1. The van der Waals surface area contributed by atoms with Crippen molar-refractivity contribution in [3.05, 3.63) is 29.8 Å². The molecule has 1 aromatic rings. The zero-order chi connectivity index (χ0) is 10.6. The van der Waals surface area contributed by atoms with Gasteiger partial charge in [0, 0.05) is 0 Å². The summed E-state index contributed by atoms with van der Waals surface area (Å²) in [4.78, 5) is 4.31. The number of hydrogen-bond acceptors (Lipinski definition) is 3. The molecule has 15 heavy (non-hydrogen) atoms. The zero-order valence-corrected chi connectivity index (χ0v) is 8.27. The van der Waals surface area contributed by atoms with Gasteiger partial charge in [0.05, 0.1) is 6.61 Å². The van der Waals surface area contributed by atoms with Crippen LogP contribution in [0.1, 0.15) is 5.56 Å². The standard InChI is InChI=1S/C8H8F3NO2.ClH/c9-8(10,11)14-7-3-1-6(2-4-7)5-13-12;/h1-4H,5,12H2;1H. The Bertz CT molecular complexity index is 289. The van der Waals surface area contributed by atoms with E-state index in [9.17, 15) is 13.2 Å². The smallest absolute Gasteiger partial charge is 0.406 e. The van der Waals surface area contributed by atoms with Crippen molar-refractivity contribution in [1.82, 2.24) is 0 Å². The van der Waals surface area contributed by atoms with Gasteiger partial charge in [-0.3, -0.25) is 4.84 Å². The largest absolute Gasteiger partial charge is 0.573 e. The lowest BCUT2D eigenvalue weighted by atomic mass is 10.2. The summed E-state index contributed by atoms with van der Waals surface area (Å²) in [6, 6.07) is 5.27. The van der Waals surface area contributed by atoms with Gasteiger partial charge in [0.2, 0.25) is 0 Å². The van der Waals surface area contributed by atoms with Crippen LogP contribution in [0.4, 0.5) is 13.2 Å². The third-order valence-corrected chi connectivity index (χ3v) is 1.41. The van der Waals surface area contributed by atoms with Gasteiger partial charge in [0.1, 0.15) is 5.75 Å². The second kappa shape index (κ2) is 5.79. The molecule has 86 valence electrons. The number of rotatable bonds is 3. The minimum Gasteiger partial charge on any atom is -0.406 e. The Morgan fingerprint density at radius 1 is 1.13 bits per heavy atom. The Labute approximate surface area is 90.3 Å². The highest BCUT2D eigenvalue weighted by atomic mass is 35.5. The van der Waals surface area contributed by atoms with Gasteiger partial charge >= 0.3 is 6.36 Å². The first kappa shape index (κ1) is 14.0. The number of hydrogen-bond donors (Lipinski definition) is 1. The van der Waals surface area contributed by atoms with Gasteiger partial charge in [-0.15, -0.1) is 25.6 Å². The molecular weight excluding hydrogens is 235 g/mol. The number of nitrogens with two attached hydrogens (primary N) is 1. The summed E-state index contributed by atoms with van der Waals surface area (Å²) < 4.78 is 38.8. The fourth-order valence-corrected chi connectivity index (χ4v) is 0.884. The molecule has 1 aromatic carbocycles. The summed E-state index contributed by atoms with van der Waals surface area (Å²) in [6.45, 7) is 0.145. The number of alkyl halides is 3. The molecule has 0 bridgehead atoms. The molecule has 0 atom stereocenters. The summed E-state index contributed by atoms with van der Waals surface area (Å²) in [6.07, 6.45) is -4.66. The van der Waals surface area contributed by atoms with Gasteiger partial charge in [-0.05, 0) is 17.7 Å². The molecule has 0 unspecified atom stereocenters. The fourth-order valence-electron chi connectivity index (χ4n) is 0.884. The van der Waals surface area contributed by atoms with Gasteiger partial charge in [-0.25, -0.2) is 5.90 Å². The molecule has 0 aliphatic carbocycles. The molecule has 0 amide bonds. The summed E-state index contributed by atoms with van der Waals surface area (Å²) in [5.41, 5.74) is 0.669. The average Bonchev–Trinajstić information content (AvgIpc) is 2.06. The predicted octanol–water partition coefficient (Wildman–Crippen LogP) is 2.40.